The zero-order valence-electron chi connectivity index (χ0n) is 7.74. The fourth-order valence-corrected chi connectivity index (χ4v) is 2.17. The van der Waals surface area contributed by atoms with Crippen LogP contribution in [0.25, 0.3) is 10.2 Å². The molecule has 0 unspecified atom stereocenters. The molecule has 14 heavy (non-hydrogen) atoms. The Balaban J connectivity index is 2.95. The van der Waals surface area contributed by atoms with Crippen molar-refractivity contribution >= 4 is 21.6 Å². The maximum absolute atomic E-state index is 9.58. The monoisotopic (exact) mass is 211 g/mol. The van der Waals surface area contributed by atoms with E-state index in [1.54, 1.807) is 12.4 Å². The molecule has 0 bridgehead atoms. The van der Waals surface area contributed by atoms with Crippen molar-refractivity contribution in [1.29, 1.82) is 0 Å². The number of hydrogen-bond donors (Lipinski definition) is 2. The highest BCUT2D eigenvalue weighted by atomic mass is 32.1. The van der Waals surface area contributed by atoms with Gasteiger partial charge in [0.15, 0.2) is 11.5 Å². The van der Waals surface area contributed by atoms with Crippen LogP contribution in [0.15, 0.2) is 5.51 Å². The number of nitrogens with zero attached hydrogens (tertiary/aromatic N) is 1. The van der Waals surface area contributed by atoms with Crippen LogP contribution in [-0.4, -0.2) is 22.3 Å². The molecule has 74 valence electrons. The van der Waals surface area contributed by atoms with E-state index in [0.717, 1.165) is 4.70 Å². The second-order valence-electron chi connectivity index (χ2n) is 2.89. The number of ether oxygens (including phenoxy) is 1. The number of thiazole rings is 1. The van der Waals surface area contributed by atoms with Crippen LogP contribution in [0.3, 0.4) is 0 Å². The van der Waals surface area contributed by atoms with Crippen molar-refractivity contribution in [3.8, 4) is 17.2 Å². The van der Waals surface area contributed by atoms with Gasteiger partial charge in [0.25, 0.3) is 0 Å². The van der Waals surface area contributed by atoms with Crippen LogP contribution in [0.2, 0.25) is 0 Å². The van der Waals surface area contributed by atoms with Crippen LogP contribution in [0, 0.1) is 6.92 Å². The molecule has 0 radical (unpaired) electrons. The molecule has 0 aliphatic heterocycles. The Hall–Kier alpha value is -1.49. The summed E-state index contributed by atoms with van der Waals surface area (Å²) in [5, 5.41) is 19.2. The van der Waals surface area contributed by atoms with Crippen molar-refractivity contribution in [2.24, 2.45) is 0 Å². The van der Waals surface area contributed by atoms with Crippen molar-refractivity contribution in [2.75, 3.05) is 7.11 Å². The van der Waals surface area contributed by atoms with Gasteiger partial charge in [-0.25, -0.2) is 4.98 Å². The number of phenols is 2. The molecule has 4 nitrogen and oxygen atoms in total. The molecule has 0 saturated heterocycles. The van der Waals surface area contributed by atoms with E-state index >= 15 is 0 Å². The van der Waals surface area contributed by atoms with Gasteiger partial charge in [0.05, 0.1) is 17.3 Å². The maximum Gasteiger partial charge on any atom is 0.203 e. The van der Waals surface area contributed by atoms with Gasteiger partial charge in [0, 0.05) is 5.56 Å². The maximum atomic E-state index is 9.58. The fourth-order valence-electron chi connectivity index (χ4n) is 1.37. The molecule has 1 aromatic heterocycles. The number of aryl methyl sites for hydroxylation is 1. The molecule has 2 rings (SSSR count). The van der Waals surface area contributed by atoms with E-state index < -0.39 is 0 Å². The Morgan fingerprint density at radius 2 is 2.07 bits per heavy atom. The average molecular weight is 211 g/mol. The number of phenolic OH excluding ortho intramolecular Hbond substituents is 2. The summed E-state index contributed by atoms with van der Waals surface area (Å²) in [7, 11) is 1.43. The van der Waals surface area contributed by atoms with Crippen molar-refractivity contribution in [3.63, 3.8) is 0 Å². The van der Waals surface area contributed by atoms with Crippen LogP contribution < -0.4 is 4.74 Å². The van der Waals surface area contributed by atoms with E-state index in [4.69, 9.17) is 4.74 Å². The predicted molar refractivity (Wildman–Crippen MR) is 54.2 cm³/mol. The smallest absolute Gasteiger partial charge is 0.203 e. The van der Waals surface area contributed by atoms with Gasteiger partial charge in [0.2, 0.25) is 5.75 Å². The van der Waals surface area contributed by atoms with E-state index in [0.29, 0.717) is 11.1 Å². The van der Waals surface area contributed by atoms with Crippen molar-refractivity contribution < 1.29 is 14.9 Å². The highest BCUT2D eigenvalue weighted by molar-refractivity contribution is 7.17. The van der Waals surface area contributed by atoms with E-state index in [1.807, 2.05) is 0 Å². The lowest BCUT2D eigenvalue weighted by atomic mass is 10.2. The normalized spacial score (nSPS) is 10.7. The van der Waals surface area contributed by atoms with Crippen molar-refractivity contribution in [2.45, 2.75) is 6.92 Å². The molecule has 0 spiro atoms. The summed E-state index contributed by atoms with van der Waals surface area (Å²) in [5.74, 6) is -0.161. The van der Waals surface area contributed by atoms with Gasteiger partial charge in [-0.2, -0.15) is 0 Å². The van der Waals surface area contributed by atoms with Gasteiger partial charge in [-0.05, 0) is 6.92 Å². The third kappa shape index (κ3) is 1.02. The Morgan fingerprint density at radius 1 is 1.36 bits per heavy atom. The average Bonchev–Trinajstić information content (AvgIpc) is 2.64. The first-order valence-electron chi connectivity index (χ1n) is 3.98. The van der Waals surface area contributed by atoms with Gasteiger partial charge in [0.1, 0.15) is 5.52 Å². The van der Waals surface area contributed by atoms with Gasteiger partial charge in [-0.15, -0.1) is 11.3 Å². The molecule has 0 aliphatic carbocycles. The van der Waals surface area contributed by atoms with Crippen molar-refractivity contribution in [3.05, 3.63) is 11.1 Å². The predicted octanol–water partition coefficient (Wildman–Crippen LogP) is 2.02. The Bertz CT molecular complexity index is 492. The zero-order valence-corrected chi connectivity index (χ0v) is 8.55. The second kappa shape index (κ2) is 3.02. The molecule has 0 atom stereocenters. The first kappa shape index (κ1) is 9.08. The van der Waals surface area contributed by atoms with Gasteiger partial charge in [-0.3, -0.25) is 0 Å². The molecule has 1 aromatic carbocycles. The van der Waals surface area contributed by atoms with E-state index in [-0.39, 0.29) is 17.2 Å². The molecule has 2 aromatic rings. The Labute approximate surface area is 84.4 Å². The summed E-state index contributed by atoms with van der Waals surface area (Å²) in [5.41, 5.74) is 2.87. The third-order valence-corrected chi connectivity index (χ3v) is 3.07. The Kier molecular flexibility index (Phi) is 1.96. The summed E-state index contributed by atoms with van der Waals surface area (Å²) in [4.78, 5) is 4.07. The summed E-state index contributed by atoms with van der Waals surface area (Å²) >= 11 is 1.40. The standard InChI is InChI=1S/C9H9NO3S/c1-4-6(11)7(12)8(13-2)5-9(4)14-3-10-5/h3,11-12H,1-2H3. The number of aromatic hydroxyl groups is 2. The van der Waals surface area contributed by atoms with Crippen LogP contribution in [-0.2, 0) is 0 Å². The van der Waals surface area contributed by atoms with Crippen LogP contribution in [0.4, 0.5) is 0 Å². The number of rotatable bonds is 1. The number of fused-ring (bicyclic) bond motifs is 1. The number of benzene rings is 1. The number of aromatic nitrogens is 1. The minimum absolute atomic E-state index is 0.140. The first-order valence-corrected chi connectivity index (χ1v) is 4.86. The minimum Gasteiger partial charge on any atom is -0.504 e. The quantitative estimate of drug-likeness (QED) is 0.708. The van der Waals surface area contributed by atoms with E-state index in [9.17, 15) is 10.2 Å². The highest BCUT2D eigenvalue weighted by Gasteiger charge is 2.18. The summed E-state index contributed by atoms with van der Waals surface area (Å²) in [6.45, 7) is 1.73. The van der Waals surface area contributed by atoms with Crippen LogP contribution in [0.1, 0.15) is 5.56 Å². The lowest BCUT2D eigenvalue weighted by Crippen LogP contribution is -1.88. The van der Waals surface area contributed by atoms with Crippen LogP contribution in [0.5, 0.6) is 17.2 Å². The molecule has 0 fully saturated rings. The fraction of sp³-hybridized carbons (Fsp3) is 0.222. The zero-order chi connectivity index (χ0) is 10.3. The Morgan fingerprint density at radius 3 is 2.71 bits per heavy atom. The molecule has 1 heterocycles. The summed E-state index contributed by atoms with van der Waals surface area (Å²) in [6, 6.07) is 0. The van der Waals surface area contributed by atoms with Gasteiger partial charge >= 0.3 is 0 Å². The van der Waals surface area contributed by atoms with E-state index in [1.165, 1.54) is 18.4 Å². The molecule has 5 heteroatoms. The highest BCUT2D eigenvalue weighted by Crippen LogP contribution is 2.45. The molecule has 2 N–H and O–H groups in total. The second-order valence-corrected chi connectivity index (χ2v) is 3.74. The van der Waals surface area contributed by atoms with Gasteiger partial charge in [-0.1, -0.05) is 0 Å². The molecule has 0 saturated carbocycles. The molecular formula is C9H9NO3S. The summed E-state index contributed by atoms with van der Waals surface area (Å²) < 4.78 is 5.82. The van der Waals surface area contributed by atoms with Crippen LogP contribution >= 0.6 is 11.3 Å². The number of hydrogen-bond acceptors (Lipinski definition) is 5. The molecule has 0 amide bonds. The largest absolute Gasteiger partial charge is 0.504 e. The summed E-state index contributed by atoms with van der Waals surface area (Å²) in [6.07, 6.45) is 0. The SMILES string of the molecule is COc1c(O)c(O)c(C)c2scnc12. The topological polar surface area (TPSA) is 62.6 Å². The minimum atomic E-state index is -0.247. The number of methoxy groups -OCH3 is 1. The lowest BCUT2D eigenvalue weighted by Gasteiger charge is -2.08. The lowest BCUT2D eigenvalue weighted by molar-refractivity contribution is 0.353. The van der Waals surface area contributed by atoms with Crippen molar-refractivity contribution in [1.82, 2.24) is 4.98 Å². The third-order valence-electron chi connectivity index (χ3n) is 2.12. The molecule has 0 aliphatic rings. The first-order chi connectivity index (χ1) is 6.66. The van der Waals surface area contributed by atoms with Gasteiger partial charge < -0.3 is 14.9 Å². The molecular weight excluding hydrogens is 202 g/mol. The van der Waals surface area contributed by atoms with E-state index in [2.05, 4.69) is 4.98 Å².